The largest absolute Gasteiger partial charge is 0.573 e. The van der Waals surface area contributed by atoms with Crippen LogP contribution >= 0.6 is 0 Å². The highest BCUT2D eigenvalue weighted by Gasteiger charge is 2.53. The van der Waals surface area contributed by atoms with Crippen LogP contribution in [-0.4, -0.2) is 39.0 Å². The lowest BCUT2D eigenvalue weighted by atomic mass is 9.86. The van der Waals surface area contributed by atoms with E-state index in [4.69, 9.17) is 0 Å². The van der Waals surface area contributed by atoms with Crippen molar-refractivity contribution < 1.29 is 32.3 Å². The van der Waals surface area contributed by atoms with E-state index in [-0.39, 0.29) is 23.0 Å². The number of carbonyl (C=O) groups excluding carboxylic acids is 3. The zero-order chi connectivity index (χ0) is 26.2. The van der Waals surface area contributed by atoms with Gasteiger partial charge in [0.2, 0.25) is 5.78 Å². The van der Waals surface area contributed by atoms with E-state index in [0.29, 0.717) is 5.69 Å². The van der Waals surface area contributed by atoms with Gasteiger partial charge in [-0.15, -0.1) is 18.3 Å². The molecule has 36 heavy (non-hydrogen) atoms. The van der Waals surface area contributed by atoms with Crippen molar-refractivity contribution >= 4 is 23.4 Å². The fraction of sp³-hybridized carbons (Fsp3) is 0.280. The third-order valence-corrected chi connectivity index (χ3v) is 5.79. The number of anilines is 1. The lowest BCUT2D eigenvalue weighted by Crippen LogP contribution is -2.32. The van der Waals surface area contributed by atoms with Gasteiger partial charge in [-0.05, 0) is 36.1 Å². The Morgan fingerprint density at radius 3 is 2.17 bits per heavy atom. The highest BCUT2D eigenvalue weighted by molar-refractivity contribution is 6.48. The maximum Gasteiger partial charge on any atom is 0.573 e. The molecule has 1 amide bonds. The van der Waals surface area contributed by atoms with E-state index < -0.39 is 41.5 Å². The molecule has 4 rings (SSSR count). The number of hydrogen-bond donors (Lipinski definition) is 0. The van der Waals surface area contributed by atoms with Gasteiger partial charge in [-0.25, -0.2) is 4.98 Å². The van der Waals surface area contributed by atoms with Crippen LogP contribution in [0.15, 0.2) is 54.7 Å². The Hall–Kier alpha value is -4.15. The lowest BCUT2D eigenvalue weighted by molar-refractivity contribution is -0.274. The third-order valence-electron chi connectivity index (χ3n) is 5.79. The van der Waals surface area contributed by atoms with E-state index in [2.05, 4.69) is 19.9 Å². The van der Waals surface area contributed by atoms with Crippen molar-refractivity contribution in [2.24, 2.45) is 5.92 Å². The van der Waals surface area contributed by atoms with Gasteiger partial charge in [-0.1, -0.05) is 50.2 Å². The van der Waals surface area contributed by atoms with Gasteiger partial charge in [0, 0.05) is 5.56 Å². The number of aryl methyl sites for hydroxylation is 1. The highest BCUT2D eigenvalue weighted by atomic mass is 19.4. The van der Waals surface area contributed by atoms with Crippen LogP contribution in [0.25, 0.3) is 0 Å². The zero-order valence-electron chi connectivity index (χ0n) is 19.5. The second-order valence-corrected chi connectivity index (χ2v) is 8.62. The number of carbonyl (C=O) groups is 3. The minimum absolute atomic E-state index is 0.204. The molecule has 0 bridgehead atoms. The fourth-order valence-electron chi connectivity index (χ4n) is 4.01. The molecule has 0 spiro atoms. The average molecular weight is 498 g/mol. The zero-order valence-corrected chi connectivity index (χ0v) is 19.5. The van der Waals surface area contributed by atoms with Gasteiger partial charge in [0.05, 0.1) is 17.9 Å². The van der Waals surface area contributed by atoms with Crippen LogP contribution in [0.5, 0.6) is 5.75 Å². The molecule has 0 saturated carbocycles. The molecule has 186 valence electrons. The van der Waals surface area contributed by atoms with Crippen LogP contribution in [0, 0.1) is 12.8 Å². The Morgan fingerprint density at radius 2 is 1.64 bits per heavy atom. The number of amides is 1. The minimum atomic E-state index is -4.89. The lowest BCUT2D eigenvalue weighted by Gasteiger charge is -2.25. The Morgan fingerprint density at radius 1 is 1.00 bits per heavy atom. The van der Waals surface area contributed by atoms with Gasteiger partial charge >= 0.3 is 6.36 Å². The summed E-state index contributed by atoms with van der Waals surface area (Å²) in [6, 6.07) is 10.1. The predicted octanol–water partition coefficient (Wildman–Crippen LogP) is 4.36. The van der Waals surface area contributed by atoms with Gasteiger partial charge in [0.1, 0.15) is 11.7 Å². The summed E-state index contributed by atoms with van der Waals surface area (Å²) >= 11 is 0. The summed E-state index contributed by atoms with van der Waals surface area (Å²) in [5.74, 6) is -4.54. The van der Waals surface area contributed by atoms with Crippen LogP contribution < -0.4 is 9.64 Å². The molecule has 2 unspecified atom stereocenters. The molecular weight excluding hydrogens is 477 g/mol. The monoisotopic (exact) mass is 498 g/mol. The number of aromatic nitrogens is 3. The summed E-state index contributed by atoms with van der Waals surface area (Å²) in [4.78, 5) is 44.7. The van der Waals surface area contributed by atoms with Crippen molar-refractivity contribution in [1.29, 1.82) is 0 Å². The number of alkyl halides is 3. The predicted molar refractivity (Wildman–Crippen MR) is 121 cm³/mol. The van der Waals surface area contributed by atoms with Crippen molar-refractivity contribution in [2.45, 2.75) is 39.1 Å². The first-order valence-corrected chi connectivity index (χ1v) is 11.0. The maximum atomic E-state index is 13.5. The molecule has 1 aromatic heterocycles. The van der Waals surface area contributed by atoms with Crippen LogP contribution in [0.4, 0.5) is 19.1 Å². The average Bonchev–Trinajstić information content (AvgIpc) is 3.09. The van der Waals surface area contributed by atoms with E-state index in [0.717, 1.165) is 22.6 Å². The number of ketones is 2. The molecule has 2 heterocycles. The highest BCUT2D eigenvalue weighted by Crippen LogP contribution is 2.40. The Labute approximate surface area is 204 Å². The summed E-state index contributed by atoms with van der Waals surface area (Å²) in [5.41, 5.74) is 1.89. The molecule has 11 heteroatoms. The molecule has 1 saturated heterocycles. The Bertz CT molecular complexity index is 1290. The maximum absolute atomic E-state index is 13.5. The smallest absolute Gasteiger partial charge is 0.406 e. The van der Waals surface area contributed by atoms with E-state index >= 15 is 0 Å². The van der Waals surface area contributed by atoms with Crippen LogP contribution in [0.3, 0.4) is 0 Å². The molecule has 2 atom stereocenters. The number of nitrogens with zero attached hydrogens (tertiary/aromatic N) is 4. The Kier molecular flexibility index (Phi) is 6.57. The molecule has 8 nitrogen and oxygen atoms in total. The molecule has 1 aliphatic rings. The molecule has 1 fully saturated rings. The van der Waals surface area contributed by atoms with E-state index in [1.54, 1.807) is 31.2 Å². The summed E-state index contributed by atoms with van der Waals surface area (Å²) in [6.45, 7) is 5.61. The molecule has 2 aromatic carbocycles. The molecule has 3 aromatic rings. The molecule has 0 N–H and O–H groups in total. The number of Topliss-reactive ketones (excluding diaryl/α,β-unsaturated/α-hetero) is 2. The summed E-state index contributed by atoms with van der Waals surface area (Å²) < 4.78 is 41.7. The third kappa shape index (κ3) is 4.95. The van der Waals surface area contributed by atoms with Gasteiger partial charge < -0.3 is 4.74 Å². The normalized spacial score (nSPS) is 18.1. The fourth-order valence-corrected chi connectivity index (χ4v) is 4.01. The van der Waals surface area contributed by atoms with Crippen LogP contribution in [-0.2, 0) is 9.59 Å². The molecule has 0 radical (unpaired) electrons. The number of halogens is 3. The van der Waals surface area contributed by atoms with Gasteiger partial charge in [0.25, 0.3) is 11.9 Å². The quantitative estimate of drug-likeness (QED) is 0.283. The summed E-state index contributed by atoms with van der Waals surface area (Å²) in [5, 5.41) is 7.76. The number of rotatable bonds is 6. The Balaban J connectivity index is 1.78. The second-order valence-electron chi connectivity index (χ2n) is 8.62. The molecule has 1 aliphatic heterocycles. The van der Waals surface area contributed by atoms with Gasteiger partial charge in [0.15, 0.2) is 5.78 Å². The minimum Gasteiger partial charge on any atom is -0.406 e. The molecule has 0 aliphatic carbocycles. The van der Waals surface area contributed by atoms with Crippen molar-refractivity contribution in [3.05, 3.63) is 77.1 Å². The number of ether oxygens (including phenoxy) is 1. The van der Waals surface area contributed by atoms with E-state index in [9.17, 15) is 27.6 Å². The van der Waals surface area contributed by atoms with E-state index in [1.807, 2.05) is 13.8 Å². The van der Waals surface area contributed by atoms with Crippen molar-refractivity contribution in [2.75, 3.05) is 4.90 Å². The molecular formula is C25H21F3N4O4. The first-order chi connectivity index (χ1) is 17.0. The number of hydrogen-bond acceptors (Lipinski definition) is 7. The first kappa shape index (κ1) is 25.0. The first-order valence-electron chi connectivity index (χ1n) is 11.0. The summed E-state index contributed by atoms with van der Waals surface area (Å²) in [7, 11) is 0. The van der Waals surface area contributed by atoms with Gasteiger partial charge in [-0.3, -0.25) is 19.3 Å². The second kappa shape index (κ2) is 9.48. The number of benzene rings is 2. The van der Waals surface area contributed by atoms with Crippen molar-refractivity contribution in [3.8, 4) is 5.75 Å². The topological polar surface area (TPSA) is 102 Å². The van der Waals surface area contributed by atoms with Gasteiger partial charge in [-0.2, -0.15) is 5.10 Å². The van der Waals surface area contributed by atoms with Crippen LogP contribution in [0.2, 0.25) is 0 Å². The van der Waals surface area contributed by atoms with E-state index in [1.165, 1.54) is 18.3 Å². The van der Waals surface area contributed by atoms with Crippen molar-refractivity contribution in [1.82, 2.24) is 15.2 Å². The van der Waals surface area contributed by atoms with Crippen molar-refractivity contribution in [3.63, 3.8) is 0 Å². The standard InChI is InChI=1S/C25H21F3N4O4/c1-13(2)15-4-6-17(7-5-15)21(33)19-20(16-8-10-18(11-9-16)36-25(26,27)28)32(23(35)22(19)34)24-29-12-14(3)30-31-24/h4-13,19-20H,1-3H3. The summed E-state index contributed by atoms with van der Waals surface area (Å²) in [6.07, 6.45) is -3.55. The van der Waals surface area contributed by atoms with Crippen LogP contribution in [0.1, 0.15) is 53.0 Å². The SMILES string of the molecule is Cc1cnc(N2C(=O)C(=O)C(C(=O)c3ccc(C(C)C)cc3)C2c2ccc(OC(F)(F)F)cc2)nn1.